The van der Waals surface area contributed by atoms with Gasteiger partial charge in [0.2, 0.25) is 6.08 Å². The average Bonchev–Trinajstić information content (AvgIpc) is 2.79. The first-order valence-electron chi connectivity index (χ1n) is 11.2. The van der Waals surface area contributed by atoms with Crippen molar-refractivity contribution in [3.05, 3.63) is 25.3 Å². The van der Waals surface area contributed by atoms with Gasteiger partial charge in [-0.3, -0.25) is 4.79 Å². The van der Waals surface area contributed by atoms with Crippen molar-refractivity contribution in [2.45, 2.75) is 64.2 Å². The zero-order chi connectivity index (χ0) is 23.9. The number of amides is 3. The second kappa shape index (κ2) is 21.3. The number of rotatable bonds is 19. The smallest absolute Gasteiger partial charge is 0.418 e. The fourth-order valence-corrected chi connectivity index (χ4v) is 2.78. The van der Waals surface area contributed by atoms with Crippen LogP contribution < -0.4 is 5.32 Å². The molecule has 0 aromatic rings. The van der Waals surface area contributed by atoms with Crippen LogP contribution in [0.2, 0.25) is 0 Å². The fraction of sp³-hybridized carbons (Fsp3) is 0.652. The van der Waals surface area contributed by atoms with Gasteiger partial charge >= 0.3 is 18.1 Å². The lowest BCUT2D eigenvalue weighted by Gasteiger charge is -2.20. The van der Waals surface area contributed by atoms with Crippen LogP contribution in [0.1, 0.15) is 64.2 Å². The topological polar surface area (TPSA) is 114 Å². The highest BCUT2D eigenvalue weighted by Crippen LogP contribution is 2.08. The third-order valence-electron chi connectivity index (χ3n) is 4.45. The van der Waals surface area contributed by atoms with Crippen molar-refractivity contribution in [3.8, 4) is 0 Å². The molecule has 9 nitrogen and oxygen atoms in total. The SMILES string of the molecule is C=CCOC(=O)CCCCCCCN(C(=O)NCCCCCCN=C=O)C(=O)OCC=C. The van der Waals surface area contributed by atoms with Crippen molar-refractivity contribution in [2.24, 2.45) is 4.99 Å². The maximum absolute atomic E-state index is 12.4. The molecule has 0 bridgehead atoms. The Morgan fingerprint density at radius 1 is 0.875 bits per heavy atom. The molecule has 0 radical (unpaired) electrons. The summed E-state index contributed by atoms with van der Waals surface area (Å²) in [6.07, 6.45) is 11.5. The number of hydrogen-bond donors (Lipinski definition) is 1. The van der Waals surface area contributed by atoms with Gasteiger partial charge in [-0.05, 0) is 25.7 Å². The molecule has 0 atom stereocenters. The minimum Gasteiger partial charge on any atom is -0.461 e. The van der Waals surface area contributed by atoms with Gasteiger partial charge in [-0.1, -0.05) is 57.4 Å². The van der Waals surface area contributed by atoms with Crippen LogP contribution in [-0.2, 0) is 19.1 Å². The van der Waals surface area contributed by atoms with E-state index >= 15 is 0 Å². The molecule has 1 N–H and O–H groups in total. The van der Waals surface area contributed by atoms with Crippen LogP contribution in [0.25, 0.3) is 0 Å². The van der Waals surface area contributed by atoms with Gasteiger partial charge in [-0.15, -0.1) is 0 Å². The van der Waals surface area contributed by atoms with E-state index in [0.29, 0.717) is 25.9 Å². The Balaban J connectivity index is 4.16. The second-order valence-corrected chi connectivity index (χ2v) is 7.13. The van der Waals surface area contributed by atoms with E-state index < -0.39 is 12.1 Å². The summed E-state index contributed by atoms with van der Waals surface area (Å²) >= 11 is 0. The molecular formula is C23H37N3O6. The molecule has 0 aromatic carbocycles. The third-order valence-corrected chi connectivity index (χ3v) is 4.45. The molecule has 0 heterocycles. The zero-order valence-corrected chi connectivity index (χ0v) is 19.0. The Bertz CT molecular complexity index is 617. The molecule has 0 fully saturated rings. The van der Waals surface area contributed by atoms with Gasteiger partial charge in [-0.2, -0.15) is 0 Å². The fourth-order valence-electron chi connectivity index (χ4n) is 2.78. The Morgan fingerprint density at radius 2 is 1.50 bits per heavy atom. The van der Waals surface area contributed by atoms with Gasteiger partial charge < -0.3 is 14.8 Å². The second-order valence-electron chi connectivity index (χ2n) is 7.13. The molecule has 0 aromatic heterocycles. The summed E-state index contributed by atoms with van der Waals surface area (Å²) in [4.78, 5) is 50.6. The molecule has 0 aliphatic carbocycles. The zero-order valence-electron chi connectivity index (χ0n) is 19.0. The predicted molar refractivity (Wildman–Crippen MR) is 122 cm³/mol. The maximum Gasteiger partial charge on any atom is 0.418 e. The number of esters is 1. The number of ether oxygens (including phenoxy) is 2. The van der Waals surface area contributed by atoms with E-state index in [4.69, 9.17) is 9.47 Å². The van der Waals surface area contributed by atoms with E-state index in [1.165, 1.54) is 18.2 Å². The van der Waals surface area contributed by atoms with Gasteiger partial charge in [0.15, 0.2) is 0 Å². The van der Waals surface area contributed by atoms with Crippen molar-refractivity contribution in [1.82, 2.24) is 10.2 Å². The molecule has 0 spiro atoms. The summed E-state index contributed by atoms with van der Waals surface area (Å²) < 4.78 is 9.94. The molecule has 0 aliphatic rings. The molecule has 180 valence electrons. The van der Waals surface area contributed by atoms with E-state index in [2.05, 4.69) is 23.5 Å². The summed E-state index contributed by atoms with van der Waals surface area (Å²) in [5, 5.41) is 2.75. The minimum atomic E-state index is -0.695. The summed E-state index contributed by atoms with van der Waals surface area (Å²) in [7, 11) is 0. The summed E-state index contributed by atoms with van der Waals surface area (Å²) in [5.41, 5.74) is 0. The van der Waals surface area contributed by atoms with Crippen molar-refractivity contribution in [3.63, 3.8) is 0 Å². The Kier molecular flexibility index (Phi) is 19.4. The highest BCUT2D eigenvalue weighted by molar-refractivity contribution is 5.90. The van der Waals surface area contributed by atoms with E-state index in [1.54, 1.807) is 0 Å². The predicted octanol–water partition coefficient (Wildman–Crippen LogP) is 4.29. The molecule has 32 heavy (non-hydrogen) atoms. The molecule has 0 unspecified atom stereocenters. The normalized spacial score (nSPS) is 9.88. The number of urea groups is 1. The number of aliphatic imine (C=N–C) groups is 1. The minimum absolute atomic E-state index is 0.0356. The lowest BCUT2D eigenvalue weighted by molar-refractivity contribution is -0.142. The molecule has 0 aliphatic heterocycles. The summed E-state index contributed by atoms with van der Waals surface area (Å²) in [5.74, 6) is -0.229. The van der Waals surface area contributed by atoms with Crippen molar-refractivity contribution in [1.29, 1.82) is 0 Å². The first-order valence-corrected chi connectivity index (χ1v) is 11.2. The van der Waals surface area contributed by atoms with E-state index in [9.17, 15) is 19.2 Å². The number of carbonyl (C=O) groups excluding carboxylic acids is 4. The van der Waals surface area contributed by atoms with Gasteiger partial charge in [0.25, 0.3) is 0 Å². The number of imide groups is 1. The molecule has 0 saturated heterocycles. The lowest BCUT2D eigenvalue weighted by atomic mass is 10.1. The highest BCUT2D eigenvalue weighted by Gasteiger charge is 2.21. The van der Waals surface area contributed by atoms with E-state index in [-0.39, 0.29) is 25.7 Å². The number of unbranched alkanes of at least 4 members (excludes halogenated alkanes) is 7. The molecular weight excluding hydrogens is 414 g/mol. The monoisotopic (exact) mass is 451 g/mol. The Hall–Kier alpha value is -2.93. The number of hydrogen-bond acceptors (Lipinski definition) is 7. The maximum atomic E-state index is 12.4. The summed E-state index contributed by atoms with van der Waals surface area (Å²) in [6, 6.07) is -0.477. The van der Waals surface area contributed by atoms with Crippen LogP contribution in [0.5, 0.6) is 0 Å². The van der Waals surface area contributed by atoms with Crippen LogP contribution in [0.3, 0.4) is 0 Å². The Morgan fingerprint density at radius 3 is 2.22 bits per heavy atom. The van der Waals surface area contributed by atoms with Crippen LogP contribution >= 0.6 is 0 Å². The average molecular weight is 452 g/mol. The van der Waals surface area contributed by atoms with Gasteiger partial charge in [0.1, 0.15) is 13.2 Å². The summed E-state index contributed by atoms with van der Waals surface area (Å²) in [6.45, 7) is 8.44. The van der Waals surface area contributed by atoms with Gasteiger partial charge in [0.05, 0.1) is 6.54 Å². The highest BCUT2D eigenvalue weighted by atomic mass is 16.6. The van der Waals surface area contributed by atoms with Gasteiger partial charge in [0, 0.05) is 19.5 Å². The standard InChI is InChI=1S/C23H37N3O6/c1-3-18-31-21(28)14-10-6-5-9-13-17-26(23(30)32-19-4-2)22(29)25-16-12-8-7-11-15-24-20-27/h3-4H,1-2,5-19H2,(H,25,29). The largest absolute Gasteiger partial charge is 0.461 e. The number of nitrogens with zero attached hydrogens (tertiary/aromatic N) is 2. The first-order chi connectivity index (χ1) is 15.6. The van der Waals surface area contributed by atoms with Crippen molar-refractivity contribution in [2.75, 3.05) is 32.8 Å². The first kappa shape index (κ1) is 29.1. The van der Waals surface area contributed by atoms with Crippen LogP contribution in [0, 0.1) is 0 Å². The van der Waals surface area contributed by atoms with Crippen LogP contribution in [0.15, 0.2) is 30.3 Å². The van der Waals surface area contributed by atoms with Gasteiger partial charge in [-0.25, -0.2) is 24.3 Å². The lowest BCUT2D eigenvalue weighted by Crippen LogP contribution is -2.45. The van der Waals surface area contributed by atoms with Crippen molar-refractivity contribution >= 4 is 24.2 Å². The van der Waals surface area contributed by atoms with Crippen molar-refractivity contribution < 1.29 is 28.7 Å². The number of isocyanates is 1. The number of carbonyl (C=O) groups is 3. The molecule has 0 saturated carbocycles. The van der Waals surface area contributed by atoms with E-state index in [1.807, 2.05) is 0 Å². The van der Waals surface area contributed by atoms with Crippen LogP contribution in [-0.4, -0.2) is 61.9 Å². The molecule has 0 rings (SSSR count). The number of nitrogens with one attached hydrogen (secondary N) is 1. The molecule has 9 heteroatoms. The Labute approximate surface area is 190 Å². The third kappa shape index (κ3) is 16.8. The van der Waals surface area contributed by atoms with Crippen LogP contribution in [0.4, 0.5) is 9.59 Å². The molecule has 3 amide bonds. The van der Waals surface area contributed by atoms with E-state index in [0.717, 1.165) is 56.3 Å². The quantitative estimate of drug-likeness (QED) is 0.103.